The van der Waals surface area contributed by atoms with Gasteiger partial charge in [-0.25, -0.2) is 0 Å². The van der Waals surface area contributed by atoms with Crippen molar-refractivity contribution in [3.05, 3.63) is 56.2 Å². The van der Waals surface area contributed by atoms with E-state index in [0.717, 1.165) is 17.4 Å². The first-order valence-corrected chi connectivity index (χ1v) is 8.88. The van der Waals surface area contributed by atoms with Crippen LogP contribution in [0.2, 0.25) is 0 Å². The monoisotopic (exact) mass is 366 g/mol. The van der Waals surface area contributed by atoms with Crippen LogP contribution < -0.4 is 5.73 Å². The molecule has 0 amide bonds. The summed E-state index contributed by atoms with van der Waals surface area (Å²) in [5.74, 6) is 0. The highest BCUT2D eigenvalue weighted by Crippen LogP contribution is 2.31. The second-order valence-corrected chi connectivity index (χ2v) is 7.75. The van der Waals surface area contributed by atoms with Gasteiger partial charge in [-0.1, -0.05) is 35.0 Å². The van der Waals surface area contributed by atoms with Gasteiger partial charge in [-0.3, -0.25) is 4.90 Å². The van der Waals surface area contributed by atoms with Crippen LogP contribution >= 0.6 is 27.3 Å². The van der Waals surface area contributed by atoms with Crippen molar-refractivity contribution < 1.29 is 0 Å². The van der Waals surface area contributed by atoms with Crippen LogP contribution in [0.5, 0.6) is 0 Å². The molecule has 0 radical (unpaired) electrons. The van der Waals surface area contributed by atoms with Crippen LogP contribution in [-0.2, 0) is 6.54 Å². The summed E-state index contributed by atoms with van der Waals surface area (Å²) in [4.78, 5) is 5.06. The number of rotatable bonds is 6. The SMILES string of the molecule is CCC(N)C(c1ccc(C)s1)N(C)Cc1cccc(Br)c1. The lowest BCUT2D eigenvalue weighted by Crippen LogP contribution is -2.38. The fraction of sp³-hybridized carbons (Fsp3) is 0.412. The molecule has 1 aromatic heterocycles. The average Bonchev–Trinajstić information content (AvgIpc) is 2.85. The highest BCUT2D eigenvalue weighted by Gasteiger charge is 2.24. The van der Waals surface area contributed by atoms with Crippen LogP contribution in [0, 0.1) is 6.92 Å². The van der Waals surface area contributed by atoms with Gasteiger partial charge in [0.05, 0.1) is 6.04 Å². The number of aryl methyl sites for hydroxylation is 1. The minimum Gasteiger partial charge on any atom is -0.326 e. The lowest BCUT2D eigenvalue weighted by molar-refractivity contribution is 0.205. The number of benzene rings is 1. The van der Waals surface area contributed by atoms with Gasteiger partial charge in [0.2, 0.25) is 0 Å². The van der Waals surface area contributed by atoms with Crippen LogP contribution in [0.4, 0.5) is 0 Å². The van der Waals surface area contributed by atoms with Gasteiger partial charge < -0.3 is 5.73 Å². The Labute approximate surface area is 140 Å². The van der Waals surface area contributed by atoms with Crippen LogP contribution in [0.3, 0.4) is 0 Å². The minimum atomic E-state index is 0.153. The molecule has 0 fully saturated rings. The maximum atomic E-state index is 6.40. The summed E-state index contributed by atoms with van der Waals surface area (Å²) in [7, 11) is 2.16. The zero-order valence-corrected chi connectivity index (χ0v) is 15.2. The number of halogens is 1. The molecule has 2 nitrogen and oxygen atoms in total. The molecule has 0 aliphatic rings. The van der Waals surface area contributed by atoms with Crippen molar-refractivity contribution in [2.45, 2.75) is 38.9 Å². The summed E-state index contributed by atoms with van der Waals surface area (Å²) in [6.45, 7) is 5.21. The second-order valence-electron chi connectivity index (χ2n) is 5.51. The Hall–Kier alpha value is -0.680. The molecule has 4 heteroatoms. The zero-order chi connectivity index (χ0) is 15.4. The largest absolute Gasteiger partial charge is 0.326 e. The molecule has 1 heterocycles. The Bertz CT molecular complexity index is 582. The summed E-state index contributed by atoms with van der Waals surface area (Å²) in [6, 6.07) is 13.3. The molecule has 2 atom stereocenters. The number of hydrogen-bond donors (Lipinski definition) is 1. The van der Waals surface area contributed by atoms with Crippen molar-refractivity contribution in [3.63, 3.8) is 0 Å². The molecule has 2 N–H and O–H groups in total. The third-order valence-corrected chi connectivity index (χ3v) is 5.29. The van der Waals surface area contributed by atoms with E-state index < -0.39 is 0 Å². The molecule has 21 heavy (non-hydrogen) atoms. The van der Waals surface area contributed by atoms with Crippen molar-refractivity contribution >= 4 is 27.3 Å². The molecule has 0 aliphatic heterocycles. The number of thiophene rings is 1. The fourth-order valence-electron chi connectivity index (χ4n) is 2.61. The summed E-state index contributed by atoms with van der Waals surface area (Å²) in [5.41, 5.74) is 7.70. The van der Waals surface area contributed by atoms with Crippen molar-refractivity contribution in [3.8, 4) is 0 Å². The molecule has 0 bridgehead atoms. The first kappa shape index (κ1) is 16.7. The highest BCUT2D eigenvalue weighted by atomic mass is 79.9. The van der Waals surface area contributed by atoms with E-state index in [-0.39, 0.29) is 12.1 Å². The van der Waals surface area contributed by atoms with E-state index in [9.17, 15) is 0 Å². The maximum Gasteiger partial charge on any atom is 0.0593 e. The lowest BCUT2D eigenvalue weighted by Gasteiger charge is -2.31. The van der Waals surface area contributed by atoms with Crippen molar-refractivity contribution in [2.24, 2.45) is 5.73 Å². The standard InChI is InChI=1S/C17H23BrN2S/c1-4-15(19)17(16-9-8-12(2)21-16)20(3)11-13-6-5-7-14(18)10-13/h5-10,15,17H,4,11,19H2,1-3H3. The predicted octanol–water partition coefficient (Wildman–Crippen LogP) is 4.73. The van der Waals surface area contributed by atoms with Crippen LogP contribution in [0.25, 0.3) is 0 Å². The molecule has 0 aliphatic carbocycles. The van der Waals surface area contributed by atoms with E-state index in [1.54, 1.807) is 0 Å². The van der Waals surface area contributed by atoms with Gasteiger partial charge in [-0.15, -0.1) is 11.3 Å². The second kappa shape index (κ2) is 7.54. The van der Waals surface area contributed by atoms with Crippen LogP contribution in [0.15, 0.2) is 40.9 Å². The molecule has 2 aromatic rings. The Kier molecular flexibility index (Phi) is 5.99. The quantitative estimate of drug-likeness (QED) is 0.800. The van der Waals surface area contributed by atoms with Crippen molar-refractivity contribution in [1.82, 2.24) is 4.90 Å². The molecule has 1 aromatic carbocycles. The minimum absolute atomic E-state index is 0.153. The molecule has 0 saturated carbocycles. The molecular weight excluding hydrogens is 344 g/mol. The first-order chi connectivity index (χ1) is 10.0. The van der Waals surface area contributed by atoms with Gasteiger partial charge in [-0.2, -0.15) is 0 Å². The molecule has 0 spiro atoms. The van der Waals surface area contributed by atoms with Gasteiger partial charge in [0.1, 0.15) is 0 Å². The molecule has 114 valence electrons. The summed E-state index contributed by atoms with van der Waals surface area (Å²) in [5, 5.41) is 0. The molecular formula is C17H23BrN2S. The zero-order valence-electron chi connectivity index (χ0n) is 12.8. The van der Waals surface area contributed by atoms with E-state index in [4.69, 9.17) is 5.73 Å². The first-order valence-electron chi connectivity index (χ1n) is 7.28. The van der Waals surface area contributed by atoms with E-state index in [0.29, 0.717) is 0 Å². The van der Waals surface area contributed by atoms with E-state index >= 15 is 0 Å². The van der Waals surface area contributed by atoms with Gasteiger partial charge in [0.15, 0.2) is 0 Å². The third-order valence-electron chi connectivity index (χ3n) is 3.73. The Morgan fingerprint density at radius 1 is 1.29 bits per heavy atom. The predicted molar refractivity (Wildman–Crippen MR) is 95.7 cm³/mol. The highest BCUT2D eigenvalue weighted by molar-refractivity contribution is 9.10. The number of likely N-dealkylation sites (N-methyl/N-ethyl adjacent to an activating group) is 1. The molecule has 0 saturated heterocycles. The number of nitrogens with two attached hydrogens (primary N) is 1. The van der Waals surface area contributed by atoms with Gasteiger partial charge >= 0.3 is 0 Å². The van der Waals surface area contributed by atoms with Gasteiger partial charge in [0, 0.05) is 26.8 Å². The lowest BCUT2D eigenvalue weighted by atomic mass is 10.0. The average molecular weight is 367 g/mol. The van der Waals surface area contributed by atoms with Crippen LogP contribution in [0.1, 0.15) is 34.7 Å². The normalized spacial score (nSPS) is 14.4. The summed E-state index contributed by atoms with van der Waals surface area (Å²) < 4.78 is 1.12. The smallest absolute Gasteiger partial charge is 0.0593 e. The van der Waals surface area contributed by atoms with Crippen molar-refractivity contribution in [2.75, 3.05) is 7.05 Å². The summed E-state index contributed by atoms with van der Waals surface area (Å²) in [6.07, 6.45) is 0.977. The molecule has 2 rings (SSSR count). The Balaban J connectivity index is 2.20. The Morgan fingerprint density at radius 3 is 2.62 bits per heavy atom. The van der Waals surface area contributed by atoms with E-state index in [1.165, 1.54) is 15.3 Å². The number of nitrogens with zero attached hydrogens (tertiary/aromatic N) is 1. The summed E-state index contributed by atoms with van der Waals surface area (Å²) >= 11 is 5.39. The number of hydrogen-bond acceptors (Lipinski definition) is 3. The maximum absolute atomic E-state index is 6.40. The third kappa shape index (κ3) is 4.39. The van der Waals surface area contributed by atoms with Gasteiger partial charge in [0.25, 0.3) is 0 Å². The van der Waals surface area contributed by atoms with Crippen molar-refractivity contribution in [1.29, 1.82) is 0 Å². The molecule has 2 unspecified atom stereocenters. The topological polar surface area (TPSA) is 29.3 Å². The Morgan fingerprint density at radius 2 is 2.05 bits per heavy atom. The van der Waals surface area contributed by atoms with Crippen LogP contribution in [-0.4, -0.2) is 18.0 Å². The van der Waals surface area contributed by atoms with E-state index in [1.807, 2.05) is 11.3 Å². The fourth-order valence-corrected chi connectivity index (χ4v) is 4.18. The van der Waals surface area contributed by atoms with E-state index in [2.05, 4.69) is 78.1 Å². The van der Waals surface area contributed by atoms with Gasteiger partial charge in [-0.05, 0) is 50.2 Å².